The van der Waals surface area contributed by atoms with Crippen molar-refractivity contribution in [2.45, 2.75) is 33.4 Å². The first-order chi connectivity index (χ1) is 10.8. The van der Waals surface area contributed by atoms with Crippen LogP contribution in [-0.2, 0) is 6.54 Å². The predicted molar refractivity (Wildman–Crippen MR) is 90.4 cm³/mol. The maximum atomic E-state index is 13.2. The quantitative estimate of drug-likeness (QED) is 0.882. The Bertz CT molecular complexity index is 675. The summed E-state index contributed by atoms with van der Waals surface area (Å²) >= 11 is 0. The van der Waals surface area contributed by atoms with Crippen LogP contribution in [0.4, 0.5) is 4.39 Å². The third-order valence-electron chi connectivity index (χ3n) is 3.79. The minimum Gasteiger partial charge on any atom is -0.366 e. The second kappa shape index (κ2) is 6.92. The van der Waals surface area contributed by atoms with Crippen LogP contribution in [0.2, 0.25) is 0 Å². The molecule has 0 saturated heterocycles. The van der Waals surface area contributed by atoms with E-state index >= 15 is 0 Å². The van der Waals surface area contributed by atoms with Crippen LogP contribution in [0.1, 0.15) is 48.3 Å². The molecule has 0 saturated carbocycles. The number of rotatable bonds is 5. The molecule has 0 fully saturated rings. The number of hydrogen-bond acceptors (Lipinski definition) is 2. The molecule has 0 aliphatic rings. The molecule has 0 aromatic heterocycles. The van der Waals surface area contributed by atoms with Crippen LogP contribution in [0.15, 0.2) is 48.5 Å². The summed E-state index contributed by atoms with van der Waals surface area (Å²) in [7, 11) is 0. The van der Waals surface area contributed by atoms with E-state index in [0.29, 0.717) is 12.1 Å². The molecular weight excluding hydrogens is 291 g/mol. The van der Waals surface area contributed by atoms with Crippen LogP contribution in [0, 0.1) is 11.2 Å². The van der Waals surface area contributed by atoms with Gasteiger partial charge in [-0.05, 0) is 40.8 Å². The van der Waals surface area contributed by atoms with Gasteiger partial charge in [0.1, 0.15) is 5.82 Å². The van der Waals surface area contributed by atoms with Gasteiger partial charge in [-0.2, -0.15) is 0 Å². The Kier molecular flexibility index (Phi) is 5.16. The average molecular weight is 314 g/mol. The predicted octanol–water partition coefficient (Wildman–Crippen LogP) is 3.80. The summed E-state index contributed by atoms with van der Waals surface area (Å²) in [5.74, 6) is -0.673. The molecule has 0 heterocycles. The molecule has 0 spiro atoms. The number of amides is 1. The van der Waals surface area contributed by atoms with E-state index in [2.05, 4.69) is 26.1 Å². The fraction of sp³-hybridized carbons (Fsp3) is 0.316. The fourth-order valence-electron chi connectivity index (χ4n) is 2.63. The van der Waals surface area contributed by atoms with Crippen LogP contribution in [0.25, 0.3) is 0 Å². The zero-order valence-electron chi connectivity index (χ0n) is 13.8. The summed E-state index contributed by atoms with van der Waals surface area (Å²) in [5, 5.41) is 3.50. The summed E-state index contributed by atoms with van der Waals surface area (Å²) < 4.78 is 13.2. The molecule has 0 bridgehead atoms. The lowest BCUT2D eigenvalue weighted by Gasteiger charge is -2.32. The van der Waals surface area contributed by atoms with Crippen molar-refractivity contribution < 1.29 is 9.18 Å². The van der Waals surface area contributed by atoms with E-state index in [-0.39, 0.29) is 17.3 Å². The van der Waals surface area contributed by atoms with E-state index in [1.165, 1.54) is 12.1 Å². The van der Waals surface area contributed by atoms with E-state index in [4.69, 9.17) is 5.73 Å². The highest BCUT2D eigenvalue weighted by Gasteiger charge is 2.25. The summed E-state index contributed by atoms with van der Waals surface area (Å²) in [6, 6.07) is 13.9. The number of hydrogen-bond donors (Lipinski definition) is 2. The van der Waals surface area contributed by atoms with Gasteiger partial charge < -0.3 is 11.1 Å². The van der Waals surface area contributed by atoms with Crippen molar-refractivity contribution in [1.82, 2.24) is 5.32 Å². The molecule has 122 valence electrons. The Hall–Kier alpha value is -2.20. The Morgan fingerprint density at radius 2 is 1.83 bits per heavy atom. The third kappa shape index (κ3) is 4.63. The molecule has 3 N–H and O–H groups in total. The lowest BCUT2D eigenvalue weighted by molar-refractivity contribution is 0.1000. The summed E-state index contributed by atoms with van der Waals surface area (Å²) in [6.07, 6.45) is 0. The summed E-state index contributed by atoms with van der Waals surface area (Å²) in [5.41, 5.74) is 7.79. The van der Waals surface area contributed by atoms with E-state index in [1.54, 1.807) is 24.3 Å². The highest BCUT2D eigenvalue weighted by Crippen LogP contribution is 2.33. The number of nitrogens with one attached hydrogen (secondary N) is 1. The number of primary amides is 1. The molecule has 23 heavy (non-hydrogen) atoms. The average Bonchev–Trinajstić information content (AvgIpc) is 2.48. The van der Waals surface area contributed by atoms with Crippen molar-refractivity contribution in [2.75, 3.05) is 0 Å². The molecule has 3 nitrogen and oxygen atoms in total. The summed E-state index contributed by atoms with van der Waals surface area (Å²) in [4.78, 5) is 11.3. The number of carbonyl (C=O) groups excluding carboxylic acids is 1. The number of nitrogens with two attached hydrogens (primary N) is 1. The minimum atomic E-state index is -0.433. The van der Waals surface area contributed by atoms with Gasteiger partial charge in [-0.25, -0.2) is 4.39 Å². The Morgan fingerprint density at radius 1 is 1.17 bits per heavy atom. The molecule has 1 amide bonds. The van der Waals surface area contributed by atoms with Gasteiger partial charge in [-0.15, -0.1) is 0 Å². The first-order valence-corrected chi connectivity index (χ1v) is 7.65. The van der Waals surface area contributed by atoms with Crippen molar-refractivity contribution in [2.24, 2.45) is 11.1 Å². The molecular formula is C19H23FN2O. The molecule has 0 unspecified atom stereocenters. The zero-order valence-corrected chi connectivity index (χ0v) is 13.8. The third-order valence-corrected chi connectivity index (χ3v) is 3.79. The number of benzene rings is 2. The first kappa shape index (κ1) is 17.2. The van der Waals surface area contributed by atoms with Crippen LogP contribution in [0.5, 0.6) is 0 Å². The molecule has 2 aromatic carbocycles. The Labute approximate surface area is 136 Å². The van der Waals surface area contributed by atoms with E-state index in [1.807, 2.05) is 12.1 Å². The van der Waals surface area contributed by atoms with Crippen molar-refractivity contribution in [3.63, 3.8) is 0 Å². The van der Waals surface area contributed by atoms with Crippen LogP contribution >= 0.6 is 0 Å². The van der Waals surface area contributed by atoms with Crippen molar-refractivity contribution in [1.29, 1.82) is 0 Å². The molecule has 2 aromatic rings. The number of halogens is 1. The molecule has 0 aliphatic heterocycles. The Balaban J connectivity index is 2.18. The highest BCUT2D eigenvalue weighted by molar-refractivity contribution is 5.92. The fourth-order valence-corrected chi connectivity index (χ4v) is 2.63. The van der Waals surface area contributed by atoms with Crippen molar-refractivity contribution >= 4 is 5.91 Å². The monoisotopic (exact) mass is 314 g/mol. The second-order valence-electron chi connectivity index (χ2n) is 6.80. The lowest BCUT2D eigenvalue weighted by atomic mass is 9.82. The topological polar surface area (TPSA) is 55.1 Å². The second-order valence-corrected chi connectivity index (χ2v) is 6.80. The van der Waals surface area contributed by atoms with Gasteiger partial charge >= 0.3 is 0 Å². The highest BCUT2D eigenvalue weighted by atomic mass is 19.1. The van der Waals surface area contributed by atoms with Gasteiger partial charge in [0.15, 0.2) is 0 Å². The minimum absolute atomic E-state index is 0.0425. The normalized spacial score (nSPS) is 12.9. The number of carbonyl (C=O) groups is 1. The maximum absolute atomic E-state index is 13.2. The van der Waals surface area contributed by atoms with Crippen LogP contribution in [-0.4, -0.2) is 5.91 Å². The molecule has 1 atom stereocenters. The van der Waals surface area contributed by atoms with Crippen LogP contribution in [0.3, 0.4) is 0 Å². The van der Waals surface area contributed by atoms with Gasteiger partial charge in [0.25, 0.3) is 0 Å². The smallest absolute Gasteiger partial charge is 0.248 e. The van der Waals surface area contributed by atoms with E-state index < -0.39 is 5.91 Å². The maximum Gasteiger partial charge on any atom is 0.248 e. The van der Waals surface area contributed by atoms with Gasteiger partial charge in [-0.1, -0.05) is 45.0 Å². The summed E-state index contributed by atoms with van der Waals surface area (Å²) in [6.45, 7) is 7.00. The van der Waals surface area contributed by atoms with Gasteiger partial charge in [0, 0.05) is 18.2 Å². The largest absolute Gasteiger partial charge is 0.366 e. The van der Waals surface area contributed by atoms with E-state index in [9.17, 15) is 9.18 Å². The van der Waals surface area contributed by atoms with Gasteiger partial charge in [-0.3, -0.25) is 4.79 Å². The van der Waals surface area contributed by atoms with Gasteiger partial charge in [0.2, 0.25) is 5.91 Å². The van der Waals surface area contributed by atoms with E-state index in [0.717, 1.165) is 11.1 Å². The SMILES string of the molecule is CC(C)(C)[C@@H](NCc1cccc(C(N)=O)c1)c1ccc(F)cc1. The first-order valence-electron chi connectivity index (χ1n) is 7.65. The van der Waals surface area contributed by atoms with Crippen molar-refractivity contribution in [3.8, 4) is 0 Å². The molecule has 0 aliphatic carbocycles. The zero-order chi connectivity index (χ0) is 17.0. The Morgan fingerprint density at radius 3 is 2.39 bits per heavy atom. The van der Waals surface area contributed by atoms with Crippen LogP contribution < -0.4 is 11.1 Å². The lowest BCUT2D eigenvalue weighted by Crippen LogP contribution is -2.32. The molecule has 0 radical (unpaired) electrons. The molecule has 2 rings (SSSR count). The van der Waals surface area contributed by atoms with Gasteiger partial charge in [0.05, 0.1) is 0 Å². The van der Waals surface area contributed by atoms with Crippen molar-refractivity contribution in [3.05, 3.63) is 71.0 Å². The molecule has 4 heteroatoms. The standard InChI is InChI=1S/C19H23FN2O/c1-19(2,3)17(14-7-9-16(20)10-8-14)22-12-13-5-4-6-15(11-13)18(21)23/h4-11,17,22H,12H2,1-3H3,(H2,21,23)/t17-/m0/s1.